The Kier molecular flexibility index (Phi) is 5.25. The van der Waals surface area contributed by atoms with Crippen molar-refractivity contribution >= 4 is 45.5 Å². The van der Waals surface area contributed by atoms with Crippen LogP contribution in [0, 0.1) is 5.82 Å². The molecule has 0 aliphatic heterocycles. The van der Waals surface area contributed by atoms with Gasteiger partial charge in [-0.2, -0.15) is 0 Å². The van der Waals surface area contributed by atoms with Crippen LogP contribution in [0.1, 0.15) is 5.56 Å². The molecule has 3 rings (SSSR count). The number of aromatic nitrogens is 1. The van der Waals surface area contributed by atoms with Crippen molar-refractivity contribution in [2.75, 3.05) is 6.54 Å². The van der Waals surface area contributed by atoms with Gasteiger partial charge in [0.15, 0.2) is 5.69 Å². The van der Waals surface area contributed by atoms with Gasteiger partial charge in [0.1, 0.15) is 5.82 Å². The second-order valence-electron chi connectivity index (χ2n) is 5.32. The van der Waals surface area contributed by atoms with E-state index in [1.54, 1.807) is 0 Å². The second-order valence-corrected chi connectivity index (χ2v) is 6.14. The summed E-state index contributed by atoms with van der Waals surface area (Å²) in [5, 5.41) is 22.2. The number of fused-ring (bicyclic) bond motifs is 1. The summed E-state index contributed by atoms with van der Waals surface area (Å²) < 4.78 is 13.2. The minimum atomic E-state index is -0.406. The SMILES string of the molecule is Oc1[nH]c2cc(F)ccc2c1N=NC(=S)NCCc1ccc(Cl)cc1. The number of nitrogens with one attached hydrogen (secondary N) is 2. The Bertz CT molecular complexity index is 940. The molecule has 3 N–H and O–H groups in total. The van der Waals surface area contributed by atoms with E-state index in [4.69, 9.17) is 23.8 Å². The molecular formula is C17H14ClFN4OS. The predicted molar refractivity (Wildman–Crippen MR) is 100 cm³/mol. The molecule has 0 radical (unpaired) electrons. The molecule has 3 aromatic rings. The first kappa shape index (κ1) is 17.3. The maximum Gasteiger partial charge on any atom is 0.218 e. The van der Waals surface area contributed by atoms with Crippen molar-refractivity contribution in [2.24, 2.45) is 10.2 Å². The topological polar surface area (TPSA) is 72.8 Å². The van der Waals surface area contributed by atoms with E-state index in [1.807, 2.05) is 24.3 Å². The van der Waals surface area contributed by atoms with Gasteiger partial charge < -0.3 is 15.4 Å². The smallest absolute Gasteiger partial charge is 0.218 e. The molecule has 0 aliphatic rings. The van der Waals surface area contributed by atoms with Crippen LogP contribution in [0.5, 0.6) is 5.88 Å². The number of aromatic amines is 1. The van der Waals surface area contributed by atoms with Crippen molar-refractivity contribution in [3.63, 3.8) is 0 Å². The molecule has 0 saturated carbocycles. The highest BCUT2D eigenvalue weighted by molar-refractivity contribution is 7.80. The summed E-state index contributed by atoms with van der Waals surface area (Å²) in [6, 6.07) is 11.6. The molecule has 8 heteroatoms. The first-order valence-electron chi connectivity index (χ1n) is 7.47. The van der Waals surface area contributed by atoms with Crippen LogP contribution < -0.4 is 5.32 Å². The fourth-order valence-corrected chi connectivity index (χ4v) is 2.61. The molecule has 0 amide bonds. The van der Waals surface area contributed by atoms with Gasteiger partial charge in [0.05, 0.1) is 5.52 Å². The number of H-pyrrole nitrogens is 1. The molecule has 0 aliphatic carbocycles. The van der Waals surface area contributed by atoms with Crippen LogP contribution >= 0.6 is 23.8 Å². The average molecular weight is 377 g/mol. The first-order valence-corrected chi connectivity index (χ1v) is 8.26. The first-order chi connectivity index (χ1) is 12.0. The van der Waals surface area contributed by atoms with Crippen LogP contribution in [-0.4, -0.2) is 21.7 Å². The molecule has 5 nitrogen and oxygen atoms in total. The molecule has 0 bridgehead atoms. The number of nitrogens with zero attached hydrogens (tertiary/aromatic N) is 2. The third-order valence-electron chi connectivity index (χ3n) is 3.56. The van der Waals surface area contributed by atoms with E-state index < -0.39 is 5.82 Å². The molecule has 0 fully saturated rings. The fourth-order valence-electron chi connectivity index (χ4n) is 2.34. The molecule has 0 unspecified atom stereocenters. The molecule has 1 aromatic heterocycles. The van der Waals surface area contributed by atoms with E-state index in [1.165, 1.54) is 18.2 Å². The van der Waals surface area contributed by atoms with Gasteiger partial charge in [0, 0.05) is 17.0 Å². The largest absolute Gasteiger partial charge is 0.493 e. The zero-order chi connectivity index (χ0) is 17.8. The Labute approximate surface area is 153 Å². The van der Waals surface area contributed by atoms with Crippen molar-refractivity contribution in [3.05, 3.63) is 58.9 Å². The summed E-state index contributed by atoms with van der Waals surface area (Å²) in [5.74, 6) is -0.593. The monoisotopic (exact) mass is 376 g/mol. The van der Waals surface area contributed by atoms with Gasteiger partial charge in [-0.15, -0.1) is 10.2 Å². The summed E-state index contributed by atoms with van der Waals surface area (Å²) >= 11 is 10.9. The van der Waals surface area contributed by atoms with Crippen LogP contribution in [0.3, 0.4) is 0 Å². The predicted octanol–water partition coefficient (Wildman–Crippen LogP) is 4.87. The maximum absolute atomic E-state index is 13.2. The summed E-state index contributed by atoms with van der Waals surface area (Å²) in [5.41, 5.74) is 1.78. The third kappa shape index (κ3) is 4.32. The molecule has 128 valence electrons. The fraction of sp³-hybridized carbons (Fsp3) is 0.118. The minimum Gasteiger partial charge on any atom is -0.493 e. The Balaban J connectivity index is 1.61. The molecule has 0 spiro atoms. The van der Waals surface area contributed by atoms with Crippen molar-refractivity contribution in [2.45, 2.75) is 6.42 Å². The molecular weight excluding hydrogens is 363 g/mol. The lowest BCUT2D eigenvalue weighted by Crippen LogP contribution is -2.21. The lowest BCUT2D eigenvalue weighted by Gasteiger charge is -2.03. The zero-order valence-electron chi connectivity index (χ0n) is 13.0. The minimum absolute atomic E-state index is 0.187. The molecule has 25 heavy (non-hydrogen) atoms. The van der Waals surface area contributed by atoms with Gasteiger partial charge >= 0.3 is 0 Å². The quantitative estimate of drug-likeness (QED) is 0.449. The number of hydrogen-bond acceptors (Lipinski definition) is 3. The summed E-state index contributed by atoms with van der Waals surface area (Å²) in [6.45, 7) is 0.588. The molecule has 2 aromatic carbocycles. The highest BCUT2D eigenvalue weighted by Gasteiger charge is 2.11. The Morgan fingerprint density at radius 3 is 2.76 bits per heavy atom. The zero-order valence-corrected chi connectivity index (χ0v) is 14.5. The van der Waals surface area contributed by atoms with E-state index in [2.05, 4.69) is 20.5 Å². The molecule has 0 atom stereocenters. The van der Waals surface area contributed by atoms with Crippen LogP contribution in [0.15, 0.2) is 52.7 Å². The van der Waals surface area contributed by atoms with E-state index in [9.17, 15) is 9.50 Å². The number of aromatic hydroxyl groups is 1. The van der Waals surface area contributed by atoms with Gasteiger partial charge in [-0.1, -0.05) is 23.7 Å². The van der Waals surface area contributed by atoms with Crippen LogP contribution in [0.4, 0.5) is 10.1 Å². The Morgan fingerprint density at radius 1 is 1.24 bits per heavy atom. The molecule has 0 saturated heterocycles. The normalized spacial score (nSPS) is 11.3. The van der Waals surface area contributed by atoms with Crippen molar-refractivity contribution in [1.82, 2.24) is 10.3 Å². The number of hydrogen-bond donors (Lipinski definition) is 3. The van der Waals surface area contributed by atoms with Gasteiger partial charge in [-0.3, -0.25) is 0 Å². The third-order valence-corrected chi connectivity index (χ3v) is 4.04. The van der Waals surface area contributed by atoms with Gasteiger partial charge in [-0.05, 0) is 54.5 Å². The van der Waals surface area contributed by atoms with Gasteiger partial charge in [-0.25, -0.2) is 4.39 Å². The number of rotatable bonds is 4. The lowest BCUT2D eigenvalue weighted by molar-refractivity contribution is 0.459. The number of benzene rings is 2. The Hall–Kier alpha value is -2.51. The molecule has 1 heterocycles. The van der Waals surface area contributed by atoms with Crippen molar-refractivity contribution in [3.8, 4) is 5.88 Å². The summed E-state index contributed by atoms with van der Waals surface area (Å²) in [6.07, 6.45) is 0.754. The standard InChI is InChI=1S/C17H14ClFN4OS/c18-11-3-1-10(2-4-11)7-8-20-17(25)23-22-15-13-6-5-12(19)9-14(13)21-16(15)24/h1-6,9,21,24H,7-8H2,(H,20,25). The van der Waals surface area contributed by atoms with E-state index >= 15 is 0 Å². The number of thiocarbonyl (C=S) groups is 1. The van der Waals surface area contributed by atoms with E-state index in [0.29, 0.717) is 22.5 Å². The highest BCUT2D eigenvalue weighted by atomic mass is 35.5. The van der Waals surface area contributed by atoms with Crippen molar-refractivity contribution < 1.29 is 9.50 Å². The van der Waals surface area contributed by atoms with Crippen molar-refractivity contribution in [1.29, 1.82) is 0 Å². The summed E-state index contributed by atoms with van der Waals surface area (Å²) in [7, 11) is 0. The van der Waals surface area contributed by atoms with Crippen LogP contribution in [0.25, 0.3) is 10.9 Å². The lowest BCUT2D eigenvalue weighted by atomic mass is 10.1. The Morgan fingerprint density at radius 2 is 2.00 bits per heavy atom. The van der Waals surface area contributed by atoms with Crippen LogP contribution in [-0.2, 0) is 6.42 Å². The summed E-state index contributed by atoms with van der Waals surface area (Å²) in [4.78, 5) is 2.65. The average Bonchev–Trinajstić information content (AvgIpc) is 2.89. The highest BCUT2D eigenvalue weighted by Crippen LogP contribution is 2.35. The van der Waals surface area contributed by atoms with Gasteiger partial charge in [0.2, 0.25) is 11.0 Å². The van der Waals surface area contributed by atoms with E-state index in [-0.39, 0.29) is 16.7 Å². The second kappa shape index (κ2) is 7.58. The van der Waals surface area contributed by atoms with Gasteiger partial charge in [0.25, 0.3) is 0 Å². The van der Waals surface area contributed by atoms with Crippen LogP contribution in [0.2, 0.25) is 5.02 Å². The number of azo groups is 1. The van der Waals surface area contributed by atoms with E-state index in [0.717, 1.165) is 12.0 Å². The number of halogens is 2. The maximum atomic E-state index is 13.2.